The lowest BCUT2D eigenvalue weighted by Crippen LogP contribution is -2.34. The van der Waals surface area contributed by atoms with Crippen LogP contribution in [0.3, 0.4) is 0 Å². The van der Waals surface area contributed by atoms with E-state index in [1.807, 2.05) is 86.3 Å². The maximum atomic E-state index is 12.9. The zero-order chi connectivity index (χ0) is 24.1. The highest BCUT2D eigenvalue weighted by Crippen LogP contribution is 2.22. The number of rotatable bonds is 9. The fourth-order valence-corrected chi connectivity index (χ4v) is 3.85. The predicted molar refractivity (Wildman–Crippen MR) is 132 cm³/mol. The first-order chi connectivity index (χ1) is 16.4. The molecule has 0 saturated carbocycles. The monoisotopic (exact) mass is 458 g/mol. The van der Waals surface area contributed by atoms with Crippen molar-refractivity contribution in [1.29, 1.82) is 0 Å². The summed E-state index contributed by atoms with van der Waals surface area (Å²) in [5.41, 5.74) is 4.49. The van der Waals surface area contributed by atoms with E-state index in [1.165, 1.54) is 5.56 Å². The first-order valence-electron chi connectivity index (χ1n) is 11.2. The van der Waals surface area contributed by atoms with Gasteiger partial charge in [-0.25, -0.2) is 4.98 Å². The molecule has 7 nitrogen and oxygen atoms in total. The van der Waals surface area contributed by atoms with Crippen molar-refractivity contribution in [3.63, 3.8) is 0 Å². The molecule has 0 aliphatic heterocycles. The van der Waals surface area contributed by atoms with Crippen LogP contribution in [-0.4, -0.2) is 47.9 Å². The Morgan fingerprint density at radius 3 is 2.65 bits per heavy atom. The molecular weight excluding hydrogens is 428 g/mol. The van der Waals surface area contributed by atoms with Gasteiger partial charge in [-0.1, -0.05) is 24.3 Å². The van der Waals surface area contributed by atoms with Crippen molar-refractivity contribution in [2.24, 2.45) is 0 Å². The number of benzene rings is 2. The van der Waals surface area contributed by atoms with Crippen molar-refractivity contribution in [3.8, 4) is 11.5 Å². The van der Waals surface area contributed by atoms with Gasteiger partial charge in [0, 0.05) is 24.5 Å². The lowest BCUT2D eigenvalue weighted by atomic mass is 10.1. The zero-order valence-electron chi connectivity index (χ0n) is 20.0. The van der Waals surface area contributed by atoms with Gasteiger partial charge in [0.2, 0.25) is 0 Å². The van der Waals surface area contributed by atoms with Crippen LogP contribution in [0.2, 0.25) is 0 Å². The van der Waals surface area contributed by atoms with Gasteiger partial charge >= 0.3 is 0 Å². The summed E-state index contributed by atoms with van der Waals surface area (Å²) in [6.07, 6.45) is 3.99. The number of hydrogen-bond acceptors (Lipinski definition) is 5. The number of aromatic nitrogens is 2. The third kappa shape index (κ3) is 5.55. The molecule has 34 heavy (non-hydrogen) atoms. The lowest BCUT2D eigenvalue weighted by Gasteiger charge is -2.25. The molecule has 1 amide bonds. The Morgan fingerprint density at radius 1 is 1.06 bits per heavy atom. The van der Waals surface area contributed by atoms with E-state index in [9.17, 15) is 4.79 Å². The van der Waals surface area contributed by atoms with E-state index in [0.717, 1.165) is 22.7 Å². The molecule has 0 fully saturated rings. The van der Waals surface area contributed by atoms with Gasteiger partial charge in [-0.15, -0.1) is 0 Å². The van der Waals surface area contributed by atoms with Crippen molar-refractivity contribution in [2.45, 2.75) is 19.6 Å². The number of nitrogens with one attached hydrogen (secondary N) is 1. The number of amides is 1. The molecule has 0 aliphatic carbocycles. The number of aryl methyl sites for hydroxylation is 1. The van der Waals surface area contributed by atoms with Crippen LogP contribution in [0.25, 0.3) is 5.65 Å². The molecule has 7 heteroatoms. The van der Waals surface area contributed by atoms with Crippen LogP contribution in [0, 0.1) is 6.92 Å². The molecule has 0 spiro atoms. The van der Waals surface area contributed by atoms with Gasteiger partial charge in [-0.3, -0.25) is 4.79 Å². The lowest BCUT2D eigenvalue weighted by molar-refractivity contribution is 0.0941. The van der Waals surface area contributed by atoms with Crippen molar-refractivity contribution < 1.29 is 14.3 Å². The highest BCUT2D eigenvalue weighted by Gasteiger charge is 2.17. The number of carbonyl (C=O) groups is 1. The Balaban J connectivity index is 1.39. The van der Waals surface area contributed by atoms with Gasteiger partial charge in [-0.2, -0.15) is 0 Å². The summed E-state index contributed by atoms with van der Waals surface area (Å²) in [5.74, 6) is 1.27. The van der Waals surface area contributed by atoms with E-state index in [0.29, 0.717) is 24.5 Å². The van der Waals surface area contributed by atoms with Crippen LogP contribution in [-0.2, 0) is 6.61 Å². The molecule has 4 rings (SSSR count). The average molecular weight is 459 g/mol. The van der Waals surface area contributed by atoms with Crippen LogP contribution in [0.1, 0.15) is 33.2 Å². The van der Waals surface area contributed by atoms with Crippen LogP contribution >= 0.6 is 0 Å². The molecule has 2 aromatic heterocycles. The summed E-state index contributed by atoms with van der Waals surface area (Å²) in [4.78, 5) is 19.5. The number of imidazole rings is 1. The van der Waals surface area contributed by atoms with Gasteiger partial charge in [-0.05, 0) is 68.5 Å². The van der Waals surface area contributed by atoms with Crippen LogP contribution in [0.4, 0.5) is 0 Å². The van der Waals surface area contributed by atoms with Crippen molar-refractivity contribution in [3.05, 3.63) is 95.4 Å². The quantitative estimate of drug-likeness (QED) is 0.406. The molecule has 2 aromatic carbocycles. The van der Waals surface area contributed by atoms with Crippen LogP contribution in [0.5, 0.6) is 11.5 Å². The van der Waals surface area contributed by atoms with Gasteiger partial charge in [0.25, 0.3) is 5.91 Å². The number of carbonyl (C=O) groups excluding carboxylic acids is 1. The van der Waals surface area contributed by atoms with Crippen molar-refractivity contribution in [1.82, 2.24) is 19.6 Å². The zero-order valence-corrected chi connectivity index (χ0v) is 20.0. The number of ether oxygens (including phenoxy) is 2. The first-order valence-corrected chi connectivity index (χ1v) is 11.2. The summed E-state index contributed by atoms with van der Waals surface area (Å²) in [5, 5.41) is 3.05. The maximum absolute atomic E-state index is 12.9. The van der Waals surface area contributed by atoms with Gasteiger partial charge in [0.15, 0.2) is 0 Å². The molecule has 1 N–H and O–H groups in total. The molecule has 4 aromatic rings. The Morgan fingerprint density at radius 2 is 1.85 bits per heavy atom. The molecule has 1 unspecified atom stereocenters. The number of pyridine rings is 1. The smallest absolute Gasteiger partial charge is 0.251 e. The van der Waals surface area contributed by atoms with E-state index >= 15 is 0 Å². The minimum absolute atomic E-state index is 0.0113. The van der Waals surface area contributed by atoms with E-state index in [1.54, 1.807) is 19.2 Å². The van der Waals surface area contributed by atoms with E-state index in [-0.39, 0.29) is 11.9 Å². The van der Waals surface area contributed by atoms with Crippen molar-refractivity contribution >= 4 is 11.6 Å². The molecular formula is C27H30N4O3. The minimum atomic E-state index is -0.150. The second kappa shape index (κ2) is 10.4. The van der Waals surface area contributed by atoms with Crippen molar-refractivity contribution in [2.75, 3.05) is 27.7 Å². The molecule has 0 saturated heterocycles. The number of nitrogens with zero attached hydrogens (tertiary/aromatic N) is 3. The number of methoxy groups -OCH3 is 1. The summed E-state index contributed by atoms with van der Waals surface area (Å²) in [7, 11) is 5.63. The third-order valence-electron chi connectivity index (χ3n) is 5.69. The maximum Gasteiger partial charge on any atom is 0.251 e. The predicted octanol–water partition coefficient (Wildman–Crippen LogP) is 4.26. The molecule has 0 radical (unpaired) electrons. The van der Waals surface area contributed by atoms with Crippen LogP contribution in [0.15, 0.2) is 73.1 Å². The summed E-state index contributed by atoms with van der Waals surface area (Å²) in [6, 6.07) is 19.1. The second-order valence-corrected chi connectivity index (χ2v) is 8.49. The third-order valence-corrected chi connectivity index (χ3v) is 5.69. The fourth-order valence-electron chi connectivity index (χ4n) is 3.85. The molecule has 0 bridgehead atoms. The Hall–Kier alpha value is -3.84. The van der Waals surface area contributed by atoms with E-state index in [2.05, 4.69) is 15.2 Å². The summed E-state index contributed by atoms with van der Waals surface area (Å²) < 4.78 is 13.3. The van der Waals surface area contributed by atoms with Gasteiger partial charge < -0.3 is 24.1 Å². The Labute approximate surface area is 200 Å². The fraction of sp³-hybridized carbons (Fsp3) is 0.259. The van der Waals surface area contributed by atoms with E-state index in [4.69, 9.17) is 9.47 Å². The molecule has 1 atom stereocenters. The SMILES string of the molecule is COc1cccc(C(CNC(=O)c2cccc(OCc3cn4cc(C)ccc4n3)c2)N(C)C)c1. The number of hydrogen-bond donors (Lipinski definition) is 1. The number of likely N-dealkylation sites (N-methyl/N-ethyl adjacent to an activating group) is 1. The van der Waals surface area contributed by atoms with E-state index < -0.39 is 0 Å². The number of fused-ring (bicyclic) bond motifs is 1. The first kappa shape index (κ1) is 23.3. The average Bonchev–Trinajstić information content (AvgIpc) is 3.25. The largest absolute Gasteiger partial charge is 0.497 e. The van der Waals surface area contributed by atoms with Gasteiger partial charge in [0.1, 0.15) is 23.8 Å². The highest BCUT2D eigenvalue weighted by molar-refractivity contribution is 5.94. The highest BCUT2D eigenvalue weighted by atomic mass is 16.5. The standard InChI is InChI=1S/C27H30N4O3/c1-19-11-12-26-29-22(17-31(26)16-19)18-34-24-10-6-8-21(14-24)27(32)28-15-25(30(2)3)20-7-5-9-23(13-20)33-4/h5-14,16-17,25H,15,18H2,1-4H3,(H,28,32). The minimum Gasteiger partial charge on any atom is -0.497 e. The normalized spacial score (nSPS) is 12.0. The molecule has 0 aliphatic rings. The molecule has 2 heterocycles. The topological polar surface area (TPSA) is 68.1 Å². The molecule has 176 valence electrons. The Kier molecular flexibility index (Phi) is 7.13. The van der Waals surface area contributed by atoms with Gasteiger partial charge in [0.05, 0.1) is 18.8 Å². The second-order valence-electron chi connectivity index (χ2n) is 8.49. The van der Waals surface area contributed by atoms with Crippen LogP contribution < -0.4 is 14.8 Å². The Bertz CT molecular complexity index is 1280. The summed E-state index contributed by atoms with van der Waals surface area (Å²) in [6.45, 7) is 2.83. The summed E-state index contributed by atoms with van der Waals surface area (Å²) >= 11 is 0.